The van der Waals surface area contributed by atoms with Crippen molar-refractivity contribution in [3.63, 3.8) is 0 Å². The summed E-state index contributed by atoms with van der Waals surface area (Å²) < 4.78 is 10.8. The molecule has 0 saturated carbocycles. The minimum Gasteiger partial charge on any atom is -0.494 e. The first-order valence-electron chi connectivity index (χ1n) is 6.19. The lowest BCUT2D eigenvalue weighted by molar-refractivity contribution is 0.120. The first kappa shape index (κ1) is 15.0. The number of hydrogen-bond donors (Lipinski definition) is 0. The second kappa shape index (κ2) is 12.1. The van der Waals surface area contributed by atoms with Gasteiger partial charge in [0.15, 0.2) is 0 Å². The Morgan fingerprint density at radius 3 is 2.25 bits per heavy atom. The molecule has 0 amide bonds. The van der Waals surface area contributed by atoms with Crippen LogP contribution >= 0.6 is 0 Å². The fraction of sp³-hybridized carbons (Fsp3) is 0.571. The van der Waals surface area contributed by atoms with Crippen molar-refractivity contribution in [1.29, 1.82) is 0 Å². The molecule has 0 radical (unpaired) electrons. The summed E-state index contributed by atoms with van der Waals surface area (Å²) in [5, 5.41) is 0. The molecule has 1 aromatic rings. The molecule has 0 fully saturated rings. The van der Waals surface area contributed by atoms with Crippen LogP contribution in [0.2, 0.25) is 0 Å². The van der Waals surface area contributed by atoms with Gasteiger partial charge in [0, 0.05) is 19.6 Å². The van der Waals surface area contributed by atoms with Crippen molar-refractivity contribution in [1.82, 2.24) is 0 Å². The van der Waals surface area contributed by atoms with Gasteiger partial charge in [-0.25, -0.2) is 0 Å². The van der Waals surface area contributed by atoms with Crippen molar-refractivity contribution in [2.24, 2.45) is 0 Å². The number of rotatable bonds is 7. The summed E-state index contributed by atoms with van der Waals surface area (Å²) in [6.45, 7) is 8.49. The number of ether oxygens (including phenoxy) is 2. The van der Waals surface area contributed by atoms with E-state index >= 15 is 0 Å². The molecule has 0 N–H and O–H groups in total. The largest absolute Gasteiger partial charge is 0.494 e. The van der Waals surface area contributed by atoms with Gasteiger partial charge in [-0.2, -0.15) is 0 Å². The van der Waals surface area contributed by atoms with E-state index in [0.29, 0.717) is 0 Å². The van der Waals surface area contributed by atoms with Gasteiger partial charge in [-0.1, -0.05) is 39.0 Å². The molecule has 2 heteroatoms. The monoisotopic (exact) mass is 224 g/mol. The standard InChI is InChI=1S/C12H18O2.C2H6/c1-2-9-13-10-6-11-14-12-7-4-3-5-8-12;1-2/h3-5,7-8H,2,6,9-11H2,1H3;1-2H3. The van der Waals surface area contributed by atoms with Crippen LogP contribution in [0.15, 0.2) is 30.3 Å². The molecule has 16 heavy (non-hydrogen) atoms. The Labute approximate surface area is 99.6 Å². The molecule has 0 aliphatic carbocycles. The van der Waals surface area contributed by atoms with Gasteiger partial charge in [-0.15, -0.1) is 0 Å². The smallest absolute Gasteiger partial charge is 0.119 e. The third-order valence-electron chi connectivity index (χ3n) is 1.79. The normalized spacial score (nSPS) is 9.19. The summed E-state index contributed by atoms with van der Waals surface area (Å²) in [6.07, 6.45) is 2.04. The van der Waals surface area contributed by atoms with Crippen LogP contribution < -0.4 is 4.74 Å². The first-order chi connectivity index (χ1) is 7.93. The van der Waals surface area contributed by atoms with Crippen molar-refractivity contribution in [2.75, 3.05) is 19.8 Å². The van der Waals surface area contributed by atoms with Gasteiger partial charge in [-0.3, -0.25) is 0 Å². The molecule has 2 nitrogen and oxygen atoms in total. The highest BCUT2D eigenvalue weighted by Crippen LogP contribution is 2.08. The summed E-state index contributed by atoms with van der Waals surface area (Å²) in [4.78, 5) is 0. The molecular formula is C14H24O2. The Hall–Kier alpha value is -1.02. The van der Waals surface area contributed by atoms with Crippen molar-refractivity contribution in [3.05, 3.63) is 30.3 Å². The van der Waals surface area contributed by atoms with Crippen LogP contribution in [0.3, 0.4) is 0 Å². The summed E-state index contributed by atoms with van der Waals surface area (Å²) >= 11 is 0. The van der Waals surface area contributed by atoms with E-state index in [1.165, 1.54) is 0 Å². The van der Waals surface area contributed by atoms with Gasteiger partial charge in [0.2, 0.25) is 0 Å². The van der Waals surface area contributed by atoms with E-state index in [0.717, 1.165) is 38.4 Å². The van der Waals surface area contributed by atoms with Crippen molar-refractivity contribution in [2.45, 2.75) is 33.6 Å². The summed E-state index contributed by atoms with van der Waals surface area (Å²) in [5.41, 5.74) is 0. The fourth-order valence-corrected chi connectivity index (χ4v) is 1.11. The lowest BCUT2D eigenvalue weighted by Crippen LogP contribution is -2.03. The average Bonchev–Trinajstić information content (AvgIpc) is 2.37. The van der Waals surface area contributed by atoms with Crippen LogP contribution in [0.4, 0.5) is 0 Å². The summed E-state index contributed by atoms with van der Waals surface area (Å²) in [6, 6.07) is 9.86. The lowest BCUT2D eigenvalue weighted by atomic mass is 10.3. The zero-order valence-electron chi connectivity index (χ0n) is 10.7. The second-order valence-electron chi connectivity index (χ2n) is 3.13. The van der Waals surface area contributed by atoms with E-state index in [9.17, 15) is 0 Å². The Morgan fingerprint density at radius 1 is 0.938 bits per heavy atom. The molecule has 92 valence electrons. The van der Waals surface area contributed by atoms with E-state index < -0.39 is 0 Å². The zero-order valence-corrected chi connectivity index (χ0v) is 10.7. The van der Waals surface area contributed by atoms with Gasteiger partial charge in [-0.05, 0) is 18.6 Å². The zero-order chi connectivity index (χ0) is 12.1. The average molecular weight is 224 g/mol. The third kappa shape index (κ3) is 8.30. The van der Waals surface area contributed by atoms with E-state index in [1.807, 2.05) is 44.2 Å². The predicted molar refractivity (Wildman–Crippen MR) is 69.0 cm³/mol. The van der Waals surface area contributed by atoms with E-state index in [4.69, 9.17) is 9.47 Å². The van der Waals surface area contributed by atoms with Gasteiger partial charge < -0.3 is 9.47 Å². The van der Waals surface area contributed by atoms with Crippen LogP contribution in [0.5, 0.6) is 5.75 Å². The number of para-hydroxylation sites is 1. The predicted octanol–water partition coefficient (Wildman–Crippen LogP) is 3.91. The first-order valence-corrected chi connectivity index (χ1v) is 6.19. The molecule has 0 aliphatic rings. The van der Waals surface area contributed by atoms with Gasteiger partial charge in [0.1, 0.15) is 5.75 Å². The van der Waals surface area contributed by atoms with Gasteiger partial charge in [0.05, 0.1) is 6.61 Å². The SMILES string of the molecule is CC.CCCOCCCOc1ccccc1. The number of benzene rings is 1. The van der Waals surface area contributed by atoms with Gasteiger partial charge in [0.25, 0.3) is 0 Å². The minimum atomic E-state index is 0.730. The Morgan fingerprint density at radius 2 is 1.62 bits per heavy atom. The van der Waals surface area contributed by atoms with E-state index in [1.54, 1.807) is 0 Å². The molecule has 0 aliphatic heterocycles. The summed E-state index contributed by atoms with van der Waals surface area (Å²) in [7, 11) is 0. The highest BCUT2D eigenvalue weighted by Gasteiger charge is 1.91. The fourth-order valence-electron chi connectivity index (χ4n) is 1.11. The maximum absolute atomic E-state index is 5.51. The Bertz CT molecular complexity index is 221. The molecule has 1 aromatic carbocycles. The maximum Gasteiger partial charge on any atom is 0.119 e. The van der Waals surface area contributed by atoms with Crippen LogP contribution in [0, 0.1) is 0 Å². The highest BCUT2D eigenvalue weighted by molar-refractivity contribution is 5.20. The Balaban J connectivity index is 0.00000106. The molecule has 0 heterocycles. The van der Waals surface area contributed by atoms with Crippen molar-refractivity contribution < 1.29 is 9.47 Å². The topological polar surface area (TPSA) is 18.5 Å². The molecule has 0 spiro atoms. The van der Waals surface area contributed by atoms with Crippen LogP contribution in [-0.4, -0.2) is 19.8 Å². The molecule has 0 bridgehead atoms. The van der Waals surface area contributed by atoms with E-state index in [-0.39, 0.29) is 0 Å². The maximum atomic E-state index is 5.51. The van der Waals surface area contributed by atoms with Crippen LogP contribution in [-0.2, 0) is 4.74 Å². The summed E-state index contributed by atoms with van der Waals surface area (Å²) in [5.74, 6) is 0.933. The highest BCUT2D eigenvalue weighted by atomic mass is 16.5. The quantitative estimate of drug-likeness (QED) is 0.654. The minimum absolute atomic E-state index is 0.730. The second-order valence-corrected chi connectivity index (χ2v) is 3.13. The van der Waals surface area contributed by atoms with E-state index in [2.05, 4.69) is 6.92 Å². The third-order valence-corrected chi connectivity index (χ3v) is 1.79. The molecule has 1 rings (SSSR count). The molecule has 0 unspecified atom stereocenters. The van der Waals surface area contributed by atoms with Crippen LogP contribution in [0.25, 0.3) is 0 Å². The van der Waals surface area contributed by atoms with Crippen molar-refractivity contribution in [3.8, 4) is 5.75 Å². The van der Waals surface area contributed by atoms with Crippen molar-refractivity contribution >= 4 is 0 Å². The molecule has 0 atom stereocenters. The lowest BCUT2D eigenvalue weighted by Gasteiger charge is -2.05. The van der Waals surface area contributed by atoms with Gasteiger partial charge >= 0.3 is 0 Å². The molecular weight excluding hydrogens is 200 g/mol. The molecule has 0 saturated heterocycles. The molecule has 0 aromatic heterocycles. The van der Waals surface area contributed by atoms with Crippen LogP contribution in [0.1, 0.15) is 33.6 Å². The number of hydrogen-bond acceptors (Lipinski definition) is 2. The Kier molecular flexibility index (Phi) is 11.3.